The minimum Gasteiger partial charge on any atom is -0.342 e. The predicted molar refractivity (Wildman–Crippen MR) is 69.6 cm³/mol. The molecule has 3 nitrogen and oxygen atoms in total. The molecule has 0 aromatic rings. The van der Waals surface area contributed by atoms with Gasteiger partial charge in [0, 0.05) is 19.6 Å². The fraction of sp³-hybridized carbons (Fsp3) is 0.929. The first-order valence-electron chi connectivity index (χ1n) is 7.17. The number of nitrogens with two attached hydrogens (primary N) is 1. The quantitative estimate of drug-likeness (QED) is 0.820. The van der Waals surface area contributed by atoms with E-state index in [1.54, 1.807) is 0 Å². The second-order valence-corrected chi connectivity index (χ2v) is 5.90. The van der Waals surface area contributed by atoms with E-state index in [2.05, 4.69) is 0 Å². The van der Waals surface area contributed by atoms with Crippen molar-refractivity contribution in [2.24, 2.45) is 11.1 Å². The van der Waals surface area contributed by atoms with Crippen LogP contribution in [0, 0.1) is 5.41 Å². The zero-order chi connectivity index (χ0) is 12.3. The monoisotopic (exact) mass is 238 g/mol. The number of carbonyl (C=O) groups is 1. The molecule has 0 radical (unpaired) electrons. The van der Waals surface area contributed by atoms with Crippen LogP contribution in [0.15, 0.2) is 0 Å². The van der Waals surface area contributed by atoms with Gasteiger partial charge in [0.15, 0.2) is 0 Å². The number of amides is 1. The molecule has 0 bridgehead atoms. The second-order valence-electron chi connectivity index (χ2n) is 5.90. The smallest absolute Gasteiger partial charge is 0.230 e. The zero-order valence-corrected chi connectivity index (χ0v) is 11.1. The van der Waals surface area contributed by atoms with Crippen LogP contribution in [0.5, 0.6) is 0 Å². The Labute approximate surface area is 105 Å². The van der Waals surface area contributed by atoms with Gasteiger partial charge in [-0.1, -0.05) is 32.1 Å². The molecule has 0 saturated heterocycles. The van der Waals surface area contributed by atoms with Crippen LogP contribution < -0.4 is 5.73 Å². The largest absolute Gasteiger partial charge is 0.342 e. The molecule has 2 aliphatic carbocycles. The Morgan fingerprint density at radius 3 is 2.29 bits per heavy atom. The first-order chi connectivity index (χ1) is 8.19. The van der Waals surface area contributed by atoms with Crippen molar-refractivity contribution in [2.75, 3.05) is 13.6 Å². The van der Waals surface area contributed by atoms with Gasteiger partial charge < -0.3 is 10.6 Å². The van der Waals surface area contributed by atoms with Crippen molar-refractivity contribution in [2.45, 2.75) is 63.8 Å². The molecule has 0 aliphatic heterocycles. The van der Waals surface area contributed by atoms with Gasteiger partial charge in [-0.2, -0.15) is 0 Å². The van der Waals surface area contributed by atoms with Gasteiger partial charge in [0.1, 0.15) is 0 Å². The summed E-state index contributed by atoms with van der Waals surface area (Å²) in [5.41, 5.74) is 5.70. The van der Waals surface area contributed by atoms with Crippen molar-refractivity contribution in [3.63, 3.8) is 0 Å². The summed E-state index contributed by atoms with van der Waals surface area (Å²) in [7, 11) is 1.99. The Morgan fingerprint density at radius 1 is 1.18 bits per heavy atom. The first kappa shape index (κ1) is 12.9. The lowest BCUT2D eigenvalue weighted by atomic mass is 9.73. The van der Waals surface area contributed by atoms with E-state index in [0.717, 1.165) is 12.8 Å². The lowest BCUT2D eigenvalue weighted by Crippen LogP contribution is -2.50. The number of hydrogen-bond acceptors (Lipinski definition) is 2. The van der Waals surface area contributed by atoms with Gasteiger partial charge in [-0.25, -0.2) is 0 Å². The van der Waals surface area contributed by atoms with Gasteiger partial charge in [0.05, 0.1) is 5.41 Å². The molecular formula is C14H26N2O. The average Bonchev–Trinajstić information content (AvgIpc) is 2.91. The van der Waals surface area contributed by atoms with Gasteiger partial charge in [-0.15, -0.1) is 0 Å². The third-order valence-corrected chi connectivity index (χ3v) is 4.85. The molecule has 98 valence electrons. The predicted octanol–water partition coefficient (Wildman–Crippen LogP) is 2.30. The highest BCUT2D eigenvalue weighted by Crippen LogP contribution is 2.38. The van der Waals surface area contributed by atoms with E-state index in [9.17, 15) is 4.79 Å². The molecular weight excluding hydrogens is 212 g/mol. The number of nitrogens with zero attached hydrogens (tertiary/aromatic N) is 1. The van der Waals surface area contributed by atoms with E-state index in [1.165, 1.54) is 44.9 Å². The summed E-state index contributed by atoms with van der Waals surface area (Å²) in [6.45, 7) is 0.531. The van der Waals surface area contributed by atoms with E-state index in [4.69, 9.17) is 5.73 Å². The number of hydrogen-bond donors (Lipinski definition) is 1. The maximum atomic E-state index is 12.7. The Balaban J connectivity index is 2.04. The molecule has 0 aromatic carbocycles. The van der Waals surface area contributed by atoms with Crippen molar-refractivity contribution in [3.05, 3.63) is 0 Å². The summed E-state index contributed by atoms with van der Waals surface area (Å²) in [5.74, 6) is 0.326. The minimum atomic E-state index is -0.227. The van der Waals surface area contributed by atoms with Crippen LogP contribution >= 0.6 is 0 Å². The molecule has 0 heterocycles. The molecule has 0 atom stereocenters. The Kier molecular flexibility index (Phi) is 4.08. The highest BCUT2D eigenvalue weighted by Gasteiger charge is 2.41. The van der Waals surface area contributed by atoms with Gasteiger partial charge in [-0.3, -0.25) is 4.79 Å². The maximum Gasteiger partial charge on any atom is 0.230 e. The van der Waals surface area contributed by atoms with Crippen LogP contribution in [0.4, 0.5) is 0 Å². The molecule has 2 rings (SSSR count). The summed E-state index contributed by atoms with van der Waals surface area (Å²) < 4.78 is 0. The summed E-state index contributed by atoms with van der Waals surface area (Å²) in [6.07, 6.45) is 10.5. The van der Waals surface area contributed by atoms with Gasteiger partial charge in [0.2, 0.25) is 5.91 Å². The van der Waals surface area contributed by atoms with Gasteiger partial charge >= 0.3 is 0 Å². The lowest BCUT2D eigenvalue weighted by molar-refractivity contribution is -0.144. The van der Waals surface area contributed by atoms with Crippen LogP contribution in [0.2, 0.25) is 0 Å². The summed E-state index contributed by atoms with van der Waals surface area (Å²) in [5, 5.41) is 0. The van der Waals surface area contributed by atoms with Gasteiger partial charge in [0.25, 0.3) is 0 Å². The fourth-order valence-corrected chi connectivity index (χ4v) is 3.57. The van der Waals surface area contributed by atoms with Crippen molar-refractivity contribution >= 4 is 5.91 Å². The molecule has 17 heavy (non-hydrogen) atoms. The van der Waals surface area contributed by atoms with Crippen molar-refractivity contribution in [3.8, 4) is 0 Å². The molecule has 2 fully saturated rings. The Hall–Kier alpha value is -0.570. The third-order valence-electron chi connectivity index (χ3n) is 4.85. The van der Waals surface area contributed by atoms with E-state index in [0.29, 0.717) is 18.5 Å². The summed E-state index contributed by atoms with van der Waals surface area (Å²) in [4.78, 5) is 14.7. The van der Waals surface area contributed by atoms with E-state index in [1.807, 2.05) is 11.9 Å². The second kappa shape index (κ2) is 5.38. The van der Waals surface area contributed by atoms with Crippen LogP contribution in [0.25, 0.3) is 0 Å². The average molecular weight is 238 g/mol. The highest BCUT2D eigenvalue weighted by atomic mass is 16.2. The van der Waals surface area contributed by atoms with E-state index >= 15 is 0 Å². The Bertz CT molecular complexity index is 265. The zero-order valence-electron chi connectivity index (χ0n) is 11.1. The summed E-state index contributed by atoms with van der Waals surface area (Å²) in [6, 6.07) is 0.479. The summed E-state index contributed by atoms with van der Waals surface area (Å²) >= 11 is 0. The fourth-order valence-electron chi connectivity index (χ4n) is 3.57. The molecule has 0 aromatic heterocycles. The topological polar surface area (TPSA) is 46.3 Å². The lowest BCUT2D eigenvalue weighted by Gasteiger charge is -2.39. The third kappa shape index (κ3) is 2.49. The molecule has 0 spiro atoms. The van der Waals surface area contributed by atoms with Crippen LogP contribution in [0.1, 0.15) is 57.8 Å². The highest BCUT2D eigenvalue weighted by molar-refractivity contribution is 5.83. The van der Waals surface area contributed by atoms with E-state index < -0.39 is 0 Å². The molecule has 0 unspecified atom stereocenters. The molecule has 3 heteroatoms. The maximum absolute atomic E-state index is 12.7. The first-order valence-corrected chi connectivity index (χ1v) is 7.17. The minimum absolute atomic E-state index is 0.227. The van der Waals surface area contributed by atoms with Gasteiger partial charge in [-0.05, 0) is 25.7 Å². The number of carbonyl (C=O) groups excluding carboxylic acids is 1. The van der Waals surface area contributed by atoms with E-state index in [-0.39, 0.29) is 5.41 Å². The Morgan fingerprint density at radius 2 is 1.76 bits per heavy atom. The normalized spacial score (nSPS) is 24.8. The molecule has 1 amide bonds. The van der Waals surface area contributed by atoms with Crippen LogP contribution in [0.3, 0.4) is 0 Å². The van der Waals surface area contributed by atoms with Crippen molar-refractivity contribution in [1.29, 1.82) is 0 Å². The molecule has 2 saturated carbocycles. The standard InChI is InChI=1S/C14H26N2O/c1-16(12-7-3-4-8-12)13(17)14(11-15)9-5-2-6-10-14/h12H,2-11,15H2,1H3. The van der Waals surface area contributed by atoms with Crippen LogP contribution in [-0.2, 0) is 4.79 Å². The molecule has 2 N–H and O–H groups in total. The van der Waals surface area contributed by atoms with Crippen LogP contribution in [-0.4, -0.2) is 30.4 Å². The SMILES string of the molecule is CN(C(=O)C1(CN)CCCCC1)C1CCCC1. The molecule has 2 aliphatic rings. The van der Waals surface area contributed by atoms with Crippen molar-refractivity contribution < 1.29 is 4.79 Å². The number of rotatable bonds is 3. The van der Waals surface area contributed by atoms with Crippen molar-refractivity contribution in [1.82, 2.24) is 4.90 Å².